The summed E-state index contributed by atoms with van der Waals surface area (Å²) in [6, 6.07) is 3.59. The Morgan fingerprint density at radius 1 is 1.32 bits per heavy atom. The van der Waals surface area contributed by atoms with Gasteiger partial charge in [0.1, 0.15) is 16.5 Å². The van der Waals surface area contributed by atoms with Gasteiger partial charge in [-0.15, -0.1) is 11.3 Å². The van der Waals surface area contributed by atoms with E-state index in [9.17, 15) is 9.59 Å². The maximum absolute atomic E-state index is 12.4. The molecule has 2 amide bonds. The van der Waals surface area contributed by atoms with Crippen molar-refractivity contribution in [2.45, 2.75) is 46.6 Å². The molecule has 0 unspecified atom stereocenters. The number of thiazole rings is 1. The summed E-state index contributed by atoms with van der Waals surface area (Å²) in [6.07, 6.45) is 3.32. The van der Waals surface area contributed by atoms with Crippen molar-refractivity contribution in [3.63, 3.8) is 0 Å². The van der Waals surface area contributed by atoms with Crippen molar-refractivity contribution in [1.29, 1.82) is 0 Å². The van der Waals surface area contributed by atoms with Gasteiger partial charge >= 0.3 is 0 Å². The summed E-state index contributed by atoms with van der Waals surface area (Å²) in [7, 11) is 0. The van der Waals surface area contributed by atoms with Crippen molar-refractivity contribution in [2.24, 2.45) is 5.92 Å². The van der Waals surface area contributed by atoms with Crippen molar-refractivity contribution in [3.05, 3.63) is 40.0 Å². The second-order valence-electron chi connectivity index (χ2n) is 6.31. The normalized spacial score (nSPS) is 12.0. The number of amides is 2. The Morgan fingerprint density at radius 3 is 2.72 bits per heavy atom. The third-order valence-corrected chi connectivity index (χ3v) is 4.57. The van der Waals surface area contributed by atoms with E-state index in [0.717, 1.165) is 23.4 Å². The largest absolute Gasteiger partial charge is 0.347 e. The molecule has 2 heterocycles. The molecule has 0 aromatic carbocycles. The van der Waals surface area contributed by atoms with Gasteiger partial charge in [-0.3, -0.25) is 9.59 Å². The standard InChI is InChI=1S/C18H24N4O2S/c1-5-13-6-7-19-16(9-13)22-17(24)15-10-25-18(21-15)14(8-11(2)3)20-12(4)23/h6-7,9-11,14H,5,8H2,1-4H3,(H,20,23)(H,19,22,24)/t14-/m0/s1. The van der Waals surface area contributed by atoms with Crippen LogP contribution in [0.4, 0.5) is 5.82 Å². The monoisotopic (exact) mass is 360 g/mol. The summed E-state index contributed by atoms with van der Waals surface area (Å²) in [6.45, 7) is 7.70. The van der Waals surface area contributed by atoms with E-state index in [4.69, 9.17) is 0 Å². The highest BCUT2D eigenvalue weighted by Crippen LogP contribution is 2.25. The molecule has 0 bridgehead atoms. The minimum absolute atomic E-state index is 0.104. The van der Waals surface area contributed by atoms with E-state index in [1.807, 2.05) is 19.1 Å². The van der Waals surface area contributed by atoms with Gasteiger partial charge in [0.05, 0.1) is 6.04 Å². The predicted molar refractivity (Wildman–Crippen MR) is 99.7 cm³/mol. The lowest BCUT2D eigenvalue weighted by atomic mass is 10.0. The Hall–Kier alpha value is -2.28. The van der Waals surface area contributed by atoms with Crippen LogP contribution in [0, 0.1) is 5.92 Å². The number of aromatic nitrogens is 2. The molecule has 1 atom stereocenters. The fraction of sp³-hybridized carbons (Fsp3) is 0.444. The van der Waals surface area contributed by atoms with Crippen LogP contribution in [0.3, 0.4) is 0 Å². The van der Waals surface area contributed by atoms with Gasteiger partial charge in [-0.25, -0.2) is 9.97 Å². The van der Waals surface area contributed by atoms with E-state index >= 15 is 0 Å². The third-order valence-electron chi connectivity index (χ3n) is 3.61. The SMILES string of the molecule is CCc1ccnc(NC(=O)c2csc([C@H](CC(C)C)NC(C)=O)n2)c1. The van der Waals surface area contributed by atoms with E-state index in [0.29, 0.717) is 17.4 Å². The molecule has 0 radical (unpaired) electrons. The molecule has 7 heteroatoms. The summed E-state index contributed by atoms with van der Waals surface area (Å²) in [5.74, 6) is 0.514. The summed E-state index contributed by atoms with van der Waals surface area (Å²) < 4.78 is 0. The molecule has 2 aromatic heterocycles. The minimum atomic E-state index is -0.297. The maximum Gasteiger partial charge on any atom is 0.276 e. The van der Waals surface area contributed by atoms with Crippen molar-refractivity contribution in [2.75, 3.05) is 5.32 Å². The molecular weight excluding hydrogens is 336 g/mol. The van der Waals surface area contributed by atoms with Crippen LogP contribution >= 0.6 is 11.3 Å². The van der Waals surface area contributed by atoms with Crippen LogP contribution in [0.25, 0.3) is 0 Å². The van der Waals surface area contributed by atoms with Crippen LogP contribution in [0.1, 0.15) is 61.2 Å². The molecule has 0 aliphatic heterocycles. The Bertz CT molecular complexity index is 742. The number of rotatable bonds is 7. The number of anilines is 1. The van der Waals surface area contributed by atoms with Crippen molar-refractivity contribution >= 4 is 29.0 Å². The molecular formula is C18H24N4O2S. The van der Waals surface area contributed by atoms with Crippen molar-refractivity contribution in [1.82, 2.24) is 15.3 Å². The highest BCUT2D eigenvalue weighted by atomic mass is 32.1. The number of aryl methyl sites for hydroxylation is 1. The molecule has 2 rings (SSSR count). The molecule has 2 aromatic rings. The lowest BCUT2D eigenvalue weighted by Crippen LogP contribution is -2.27. The van der Waals surface area contributed by atoms with Crippen LogP contribution < -0.4 is 10.6 Å². The van der Waals surface area contributed by atoms with Crippen molar-refractivity contribution < 1.29 is 9.59 Å². The Labute approximate surface area is 152 Å². The molecule has 134 valence electrons. The molecule has 0 saturated heterocycles. The number of nitrogens with zero attached hydrogens (tertiary/aromatic N) is 2. The zero-order valence-corrected chi connectivity index (χ0v) is 15.8. The molecule has 6 nitrogen and oxygen atoms in total. The van der Waals surface area contributed by atoms with Gasteiger partial charge in [-0.2, -0.15) is 0 Å². The summed E-state index contributed by atoms with van der Waals surface area (Å²) >= 11 is 1.38. The number of pyridine rings is 1. The van der Waals surface area contributed by atoms with Crippen molar-refractivity contribution in [3.8, 4) is 0 Å². The zero-order chi connectivity index (χ0) is 18.4. The average molecular weight is 360 g/mol. The first-order chi connectivity index (χ1) is 11.9. The van der Waals surface area contributed by atoms with Crippen LogP contribution in [-0.2, 0) is 11.2 Å². The third kappa shape index (κ3) is 5.63. The Balaban J connectivity index is 2.12. The topological polar surface area (TPSA) is 84.0 Å². The summed E-state index contributed by atoms with van der Waals surface area (Å²) in [4.78, 5) is 32.4. The second kappa shape index (κ2) is 8.71. The molecule has 2 N–H and O–H groups in total. The van der Waals surface area contributed by atoms with Crippen LogP contribution in [-0.4, -0.2) is 21.8 Å². The van der Waals surface area contributed by atoms with E-state index in [-0.39, 0.29) is 17.9 Å². The van der Waals surface area contributed by atoms with Crippen LogP contribution in [0.5, 0.6) is 0 Å². The molecule has 0 spiro atoms. The van der Waals surface area contributed by atoms with Gasteiger partial charge in [0.25, 0.3) is 5.91 Å². The highest BCUT2D eigenvalue weighted by molar-refractivity contribution is 7.10. The maximum atomic E-state index is 12.4. The number of nitrogens with one attached hydrogen (secondary N) is 2. The van der Waals surface area contributed by atoms with Gasteiger partial charge in [0, 0.05) is 18.5 Å². The first-order valence-corrected chi connectivity index (χ1v) is 9.25. The van der Waals surface area contributed by atoms with E-state index in [2.05, 4.69) is 34.4 Å². The van der Waals surface area contributed by atoms with Gasteiger partial charge < -0.3 is 10.6 Å². The first-order valence-electron chi connectivity index (χ1n) is 8.37. The lowest BCUT2D eigenvalue weighted by Gasteiger charge is -2.17. The van der Waals surface area contributed by atoms with Gasteiger partial charge in [0.15, 0.2) is 0 Å². The highest BCUT2D eigenvalue weighted by Gasteiger charge is 2.20. The van der Waals surface area contributed by atoms with Gasteiger partial charge in [-0.05, 0) is 36.5 Å². The second-order valence-corrected chi connectivity index (χ2v) is 7.20. The summed E-state index contributed by atoms with van der Waals surface area (Å²) in [5, 5.41) is 8.13. The molecule has 0 aliphatic carbocycles. The molecule has 0 saturated carbocycles. The number of hydrogen-bond donors (Lipinski definition) is 2. The van der Waals surface area contributed by atoms with E-state index in [1.54, 1.807) is 11.6 Å². The minimum Gasteiger partial charge on any atom is -0.347 e. The summed E-state index contributed by atoms with van der Waals surface area (Å²) in [5.41, 5.74) is 1.44. The fourth-order valence-electron chi connectivity index (χ4n) is 2.43. The van der Waals surface area contributed by atoms with E-state index in [1.165, 1.54) is 18.3 Å². The molecule has 0 aliphatic rings. The number of hydrogen-bond acceptors (Lipinski definition) is 5. The van der Waals surface area contributed by atoms with Gasteiger partial charge in [-0.1, -0.05) is 20.8 Å². The Morgan fingerprint density at radius 2 is 2.08 bits per heavy atom. The van der Waals surface area contributed by atoms with Crippen LogP contribution in [0.15, 0.2) is 23.7 Å². The molecule has 0 fully saturated rings. The predicted octanol–water partition coefficient (Wildman–Crippen LogP) is 3.58. The van der Waals surface area contributed by atoms with Crippen LogP contribution in [0.2, 0.25) is 0 Å². The lowest BCUT2D eigenvalue weighted by molar-refractivity contribution is -0.119. The fourth-order valence-corrected chi connectivity index (χ4v) is 3.30. The van der Waals surface area contributed by atoms with Gasteiger partial charge in [0.2, 0.25) is 5.91 Å². The quantitative estimate of drug-likeness (QED) is 0.790. The number of carbonyl (C=O) groups excluding carboxylic acids is 2. The zero-order valence-electron chi connectivity index (χ0n) is 15.0. The number of carbonyl (C=O) groups is 2. The average Bonchev–Trinajstić information content (AvgIpc) is 3.03. The van der Waals surface area contributed by atoms with E-state index < -0.39 is 0 Å². The smallest absolute Gasteiger partial charge is 0.276 e. The Kier molecular flexibility index (Phi) is 6.64. The molecule has 25 heavy (non-hydrogen) atoms. The first kappa shape index (κ1) is 19.1.